The molecule has 0 fully saturated rings. The monoisotopic (exact) mass is 294 g/mol. The van der Waals surface area contributed by atoms with Crippen LogP contribution in [0.1, 0.15) is 12.5 Å². The van der Waals surface area contributed by atoms with Gasteiger partial charge < -0.3 is 5.11 Å². The van der Waals surface area contributed by atoms with Crippen molar-refractivity contribution in [2.45, 2.75) is 6.92 Å². The molecule has 5 heteroatoms. The summed E-state index contributed by atoms with van der Waals surface area (Å²) in [7, 11) is 0. The Labute approximate surface area is 121 Å². The summed E-state index contributed by atoms with van der Waals surface area (Å²) in [5.41, 5.74) is 4.94. The van der Waals surface area contributed by atoms with E-state index in [1.54, 1.807) is 43.3 Å². The van der Waals surface area contributed by atoms with Crippen molar-refractivity contribution in [3.8, 4) is 5.75 Å². The van der Waals surface area contributed by atoms with Crippen LogP contribution in [-0.2, 0) is 0 Å². The molecule has 0 atom stereocenters. The van der Waals surface area contributed by atoms with Crippen LogP contribution in [0.2, 0.25) is 10.0 Å². The molecule has 19 heavy (non-hydrogen) atoms. The number of nitrogens with one attached hydrogen (secondary N) is 1. The van der Waals surface area contributed by atoms with E-state index >= 15 is 0 Å². The van der Waals surface area contributed by atoms with E-state index in [-0.39, 0.29) is 5.75 Å². The molecule has 0 amide bonds. The third-order valence-corrected chi connectivity index (χ3v) is 3.31. The van der Waals surface area contributed by atoms with Crippen molar-refractivity contribution in [1.82, 2.24) is 0 Å². The largest absolute Gasteiger partial charge is 0.507 e. The topological polar surface area (TPSA) is 44.6 Å². The van der Waals surface area contributed by atoms with Crippen LogP contribution in [0.25, 0.3) is 0 Å². The minimum absolute atomic E-state index is 0.194. The van der Waals surface area contributed by atoms with Crippen LogP contribution in [0.5, 0.6) is 5.75 Å². The van der Waals surface area contributed by atoms with Crippen molar-refractivity contribution >= 4 is 34.6 Å². The third-order valence-electron chi connectivity index (χ3n) is 2.57. The Morgan fingerprint density at radius 2 is 1.84 bits per heavy atom. The molecule has 0 aliphatic carbocycles. The van der Waals surface area contributed by atoms with E-state index in [1.165, 1.54) is 0 Å². The van der Waals surface area contributed by atoms with E-state index in [4.69, 9.17) is 23.2 Å². The van der Waals surface area contributed by atoms with Gasteiger partial charge in [0.2, 0.25) is 0 Å². The lowest BCUT2D eigenvalue weighted by Crippen LogP contribution is -2.00. The van der Waals surface area contributed by atoms with Crippen molar-refractivity contribution in [2.75, 3.05) is 5.43 Å². The number of phenols is 1. The van der Waals surface area contributed by atoms with Crippen molar-refractivity contribution in [3.05, 3.63) is 58.1 Å². The van der Waals surface area contributed by atoms with Crippen molar-refractivity contribution in [3.63, 3.8) is 0 Å². The number of nitrogens with zero attached hydrogens (tertiary/aromatic N) is 1. The van der Waals surface area contributed by atoms with Gasteiger partial charge in [0.1, 0.15) is 5.75 Å². The molecular formula is C14H12Cl2N2O. The summed E-state index contributed by atoms with van der Waals surface area (Å²) >= 11 is 11.7. The highest BCUT2D eigenvalue weighted by Gasteiger charge is 2.03. The van der Waals surface area contributed by atoms with Crippen LogP contribution in [0, 0.1) is 0 Å². The number of aromatic hydroxyl groups is 1. The van der Waals surface area contributed by atoms with E-state index in [0.717, 1.165) is 5.69 Å². The van der Waals surface area contributed by atoms with Crippen LogP contribution in [0.15, 0.2) is 47.6 Å². The van der Waals surface area contributed by atoms with E-state index < -0.39 is 0 Å². The minimum Gasteiger partial charge on any atom is -0.507 e. The van der Waals surface area contributed by atoms with E-state index in [2.05, 4.69) is 10.5 Å². The fraction of sp³-hybridized carbons (Fsp3) is 0.0714. The van der Waals surface area contributed by atoms with Gasteiger partial charge in [-0.05, 0) is 37.3 Å². The lowest BCUT2D eigenvalue weighted by molar-refractivity contribution is 0.474. The van der Waals surface area contributed by atoms with Crippen LogP contribution < -0.4 is 5.43 Å². The van der Waals surface area contributed by atoms with Gasteiger partial charge in [-0.1, -0.05) is 35.3 Å². The Bertz CT molecular complexity index is 627. The van der Waals surface area contributed by atoms with Crippen molar-refractivity contribution in [1.29, 1.82) is 0 Å². The Morgan fingerprint density at radius 3 is 2.53 bits per heavy atom. The molecule has 2 aromatic rings. The molecule has 2 aromatic carbocycles. The average molecular weight is 295 g/mol. The van der Waals surface area contributed by atoms with E-state index in [1.807, 2.05) is 6.07 Å². The number of benzene rings is 2. The molecule has 98 valence electrons. The summed E-state index contributed by atoms with van der Waals surface area (Å²) in [5, 5.41) is 14.9. The van der Waals surface area contributed by atoms with Gasteiger partial charge in [-0.15, -0.1) is 0 Å². The SMILES string of the molecule is C/C(=N\Nc1ccc(Cl)c(Cl)c1)c1ccccc1O. The summed E-state index contributed by atoms with van der Waals surface area (Å²) in [5.74, 6) is 0.194. The minimum atomic E-state index is 0.194. The number of para-hydroxylation sites is 1. The zero-order chi connectivity index (χ0) is 13.8. The zero-order valence-electron chi connectivity index (χ0n) is 10.2. The van der Waals surface area contributed by atoms with Gasteiger partial charge in [0.05, 0.1) is 21.4 Å². The van der Waals surface area contributed by atoms with Gasteiger partial charge in [0, 0.05) is 5.56 Å². The lowest BCUT2D eigenvalue weighted by Gasteiger charge is -2.06. The summed E-state index contributed by atoms with van der Waals surface area (Å²) in [6, 6.07) is 12.2. The van der Waals surface area contributed by atoms with Gasteiger partial charge in [-0.3, -0.25) is 5.43 Å². The zero-order valence-corrected chi connectivity index (χ0v) is 11.7. The Kier molecular flexibility index (Phi) is 4.30. The average Bonchev–Trinajstić information content (AvgIpc) is 2.40. The summed E-state index contributed by atoms with van der Waals surface area (Å²) in [6.07, 6.45) is 0. The Balaban J connectivity index is 2.18. The van der Waals surface area contributed by atoms with E-state index in [0.29, 0.717) is 21.3 Å². The van der Waals surface area contributed by atoms with Crippen molar-refractivity contribution in [2.24, 2.45) is 5.10 Å². The van der Waals surface area contributed by atoms with Crippen LogP contribution in [0.4, 0.5) is 5.69 Å². The van der Waals surface area contributed by atoms with Gasteiger partial charge in [-0.25, -0.2) is 0 Å². The second-order valence-corrected chi connectivity index (χ2v) is 4.77. The molecule has 0 heterocycles. The maximum Gasteiger partial charge on any atom is 0.124 e. The molecule has 0 unspecified atom stereocenters. The molecule has 3 nitrogen and oxygen atoms in total. The second kappa shape index (κ2) is 5.95. The number of halogens is 2. The molecule has 2 rings (SSSR count). The number of hydrazone groups is 1. The molecule has 2 N–H and O–H groups in total. The molecular weight excluding hydrogens is 283 g/mol. The number of phenolic OH excluding ortho intramolecular Hbond substituents is 1. The van der Waals surface area contributed by atoms with Gasteiger partial charge in [-0.2, -0.15) is 5.10 Å². The highest BCUT2D eigenvalue weighted by Crippen LogP contribution is 2.25. The molecule has 0 radical (unpaired) electrons. The molecule has 0 saturated heterocycles. The smallest absolute Gasteiger partial charge is 0.124 e. The molecule has 0 aromatic heterocycles. The first kappa shape index (κ1) is 13.7. The Hall–Kier alpha value is -1.71. The van der Waals surface area contributed by atoms with Crippen LogP contribution in [-0.4, -0.2) is 10.8 Å². The van der Waals surface area contributed by atoms with Gasteiger partial charge >= 0.3 is 0 Å². The third kappa shape index (κ3) is 3.40. The summed E-state index contributed by atoms with van der Waals surface area (Å²) < 4.78 is 0. The number of hydrogen-bond acceptors (Lipinski definition) is 3. The normalized spacial score (nSPS) is 11.4. The van der Waals surface area contributed by atoms with Crippen LogP contribution in [0.3, 0.4) is 0 Å². The molecule has 0 aliphatic heterocycles. The summed E-state index contributed by atoms with van der Waals surface area (Å²) in [6.45, 7) is 1.81. The Morgan fingerprint density at radius 1 is 1.11 bits per heavy atom. The highest BCUT2D eigenvalue weighted by molar-refractivity contribution is 6.42. The predicted octanol–water partition coefficient (Wildman–Crippen LogP) is 4.54. The standard InChI is InChI=1S/C14H12Cl2N2O/c1-9(11-4-2-3-5-14(11)19)17-18-10-6-7-12(15)13(16)8-10/h2-8,18-19H,1H3/b17-9+. The lowest BCUT2D eigenvalue weighted by atomic mass is 10.1. The fourth-order valence-electron chi connectivity index (χ4n) is 1.55. The maximum atomic E-state index is 9.71. The predicted molar refractivity (Wildman–Crippen MR) is 80.4 cm³/mol. The van der Waals surface area contributed by atoms with Crippen molar-refractivity contribution < 1.29 is 5.11 Å². The highest BCUT2D eigenvalue weighted by atomic mass is 35.5. The summed E-state index contributed by atoms with van der Waals surface area (Å²) in [4.78, 5) is 0. The first-order valence-electron chi connectivity index (χ1n) is 5.61. The second-order valence-electron chi connectivity index (χ2n) is 3.96. The molecule has 0 saturated carbocycles. The molecule has 0 bridgehead atoms. The van der Waals surface area contributed by atoms with E-state index in [9.17, 15) is 5.11 Å². The fourth-order valence-corrected chi connectivity index (χ4v) is 1.85. The quantitative estimate of drug-likeness (QED) is 0.645. The van der Waals surface area contributed by atoms with Gasteiger partial charge in [0.15, 0.2) is 0 Å². The van der Waals surface area contributed by atoms with Crippen LogP contribution >= 0.6 is 23.2 Å². The number of hydrogen-bond donors (Lipinski definition) is 2. The van der Waals surface area contributed by atoms with Gasteiger partial charge in [0.25, 0.3) is 0 Å². The maximum absolute atomic E-state index is 9.71. The number of anilines is 1. The molecule has 0 aliphatic rings. The first-order valence-corrected chi connectivity index (χ1v) is 6.37. The number of rotatable bonds is 3. The molecule has 0 spiro atoms. The first-order chi connectivity index (χ1) is 9.08.